The van der Waals surface area contributed by atoms with Gasteiger partial charge in [0.05, 0.1) is 9.99 Å². The molecular formula is C13H9BrN2OS. The first-order chi connectivity index (χ1) is 8.74. The molecule has 0 saturated heterocycles. The maximum Gasteiger partial charge on any atom is 0.240 e. The molecule has 0 aliphatic carbocycles. The predicted molar refractivity (Wildman–Crippen MR) is 76.4 cm³/mol. The van der Waals surface area contributed by atoms with Crippen molar-refractivity contribution in [1.29, 1.82) is 0 Å². The van der Waals surface area contributed by atoms with E-state index in [-0.39, 0.29) is 0 Å². The van der Waals surface area contributed by atoms with E-state index in [1.54, 1.807) is 11.3 Å². The molecule has 0 aliphatic rings. The van der Waals surface area contributed by atoms with E-state index < -0.39 is 0 Å². The van der Waals surface area contributed by atoms with E-state index in [0.717, 1.165) is 20.4 Å². The highest BCUT2D eigenvalue weighted by Crippen LogP contribution is 2.34. The lowest BCUT2D eigenvalue weighted by Gasteiger charge is -2.07. The second-order valence-corrected chi connectivity index (χ2v) is 5.62. The Labute approximate surface area is 117 Å². The average molecular weight is 321 g/mol. The van der Waals surface area contributed by atoms with Crippen LogP contribution in [0, 0.1) is 6.92 Å². The summed E-state index contributed by atoms with van der Waals surface area (Å²) in [5.74, 6) is 1.36. The van der Waals surface area contributed by atoms with Crippen molar-refractivity contribution in [3.05, 3.63) is 46.0 Å². The minimum atomic E-state index is 0.597. The largest absolute Gasteiger partial charge is 0.436 e. The maximum atomic E-state index is 5.85. The molecule has 2 heterocycles. The third-order valence-electron chi connectivity index (χ3n) is 2.50. The maximum absolute atomic E-state index is 5.85. The molecule has 0 aliphatic heterocycles. The summed E-state index contributed by atoms with van der Waals surface area (Å²) < 4.78 is 7.73. The van der Waals surface area contributed by atoms with E-state index >= 15 is 0 Å². The number of benzene rings is 1. The Bertz CT molecular complexity index is 711. The molecule has 0 unspecified atom stereocenters. The van der Waals surface area contributed by atoms with E-state index in [4.69, 9.17) is 4.74 Å². The number of rotatable bonds is 2. The van der Waals surface area contributed by atoms with Crippen molar-refractivity contribution in [3.8, 4) is 11.6 Å². The lowest BCUT2D eigenvalue weighted by molar-refractivity contribution is 0.466. The molecule has 3 nitrogen and oxygen atoms in total. The zero-order valence-electron chi connectivity index (χ0n) is 9.55. The summed E-state index contributed by atoms with van der Waals surface area (Å²) in [5, 5.41) is 1.98. The highest BCUT2D eigenvalue weighted by Gasteiger charge is 2.09. The fourth-order valence-electron chi connectivity index (χ4n) is 1.63. The Morgan fingerprint density at radius 3 is 2.94 bits per heavy atom. The van der Waals surface area contributed by atoms with Crippen LogP contribution in [-0.4, -0.2) is 9.97 Å². The molecule has 2 aromatic heterocycles. The molecule has 0 fully saturated rings. The molecule has 0 amide bonds. The van der Waals surface area contributed by atoms with Gasteiger partial charge in [-0.2, -0.15) is 0 Å². The van der Waals surface area contributed by atoms with Crippen molar-refractivity contribution in [2.45, 2.75) is 6.92 Å². The fraction of sp³-hybridized carbons (Fsp3) is 0.0769. The molecule has 3 rings (SSSR count). The van der Waals surface area contributed by atoms with Crippen LogP contribution in [0.25, 0.3) is 10.2 Å². The van der Waals surface area contributed by atoms with Crippen LogP contribution in [0.15, 0.2) is 40.4 Å². The van der Waals surface area contributed by atoms with E-state index in [0.29, 0.717) is 5.88 Å². The minimum Gasteiger partial charge on any atom is -0.436 e. The summed E-state index contributed by atoms with van der Waals surface area (Å²) >= 11 is 5.07. The van der Waals surface area contributed by atoms with Gasteiger partial charge < -0.3 is 4.74 Å². The summed E-state index contributed by atoms with van der Waals surface area (Å²) in [5.41, 5.74) is 2.09. The number of fused-ring (bicyclic) bond motifs is 1. The first-order valence-corrected chi connectivity index (χ1v) is 7.03. The summed E-state index contributed by atoms with van der Waals surface area (Å²) in [6, 6.07) is 7.91. The SMILES string of the molecule is Cc1ccc(Oc2ncnc3ccsc23)c(Br)c1. The third-order valence-corrected chi connectivity index (χ3v) is 4.02. The lowest BCUT2D eigenvalue weighted by atomic mass is 10.2. The topological polar surface area (TPSA) is 35.0 Å². The molecule has 0 N–H and O–H groups in total. The standard InChI is InChI=1S/C13H9BrN2OS/c1-8-2-3-11(9(14)6-8)17-13-12-10(4-5-18-12)15-7-16-13/h2-7H,1H3. The molecule has 90 valence electrons. The van der Waals surface area contributed by atoms with Gasteiger partial charge in [0.2, 0.25) is 5.88 Å². The second kappa shape index (κ2) is 4.66. The quantitative estimate of drug-likeness (QED) is 0.694. The molecule has 0 radical (unpaired) electrons. The Kier molecular flexibility index (Phi) is 3.01. The molecular weight excluding hydrogens is 312 g/mol. The van der Waals surface area contributed by atoms with E-state index in [2.05, 4.69) is 25.9 Å². The number of hydrogen-bond acceptors (Lipinski definition) is 4. The highest BCUT2D eigenvalue weighted by atomic mass is 79.9. The van der Waals surface area contributed by atoms with Crippen LogP contribution in [0.1, 0.15) is 5.56 Å². The van der Waals surface area contributed by atoms with Crippen molar-refractivity contribution >= 4 is 37.5 Å². The van der Waals surface area contributed by atoms with Gasteiger partial charge in [0.1, 0.15) is 16.8 Å². The highest BCUT2D eigenvalue weighted by molar-refractivity contribution is 9.10. The Hall–Kier alpha value is -1.46. The molecule has 5 heteroatoms. The lowest BCUT2D eigenvalue weighted by Crippen LogP contribution is -1.90. The average Bonchev–Trinajstić information content (AvgIpc) is 2.82. The van der Waals surface area contributed by atoms with E-state index in [1.165, 1.54) is 11.9 Å². The van der Waals surface area contributed by atoms with Crippen LogP contribution in [0.4, 0.5) is 0 Å². The van der Waals surface area contributed by atoms with Crippen molar-refractivity contribution in [2.24, 2.45) is 0 Å². The second-order valence-electron chi connectivity index (χ2n) is 3.85. The fourth-order valence-corrected chi connectivity index (χ4v) is 2.98. The zero-order chi connectivity index (χ0) is 12.5. The van der Waals surface area contributed by atoms with Gasteiger partial charge in [0, 0.05) is 0 Å². The zero-order valence-corrected chi connectivity index (χ0v) is 12.0. The number of ether oxygens (including phenoxy) is 1. The summed E-state index contributed by atoms with van der Waals surface area (Å²) in [4.78, 5) is 8.38. The van der Waals surface area contributed by atoms with Crippen LogP contribution in [0.5, 0.6) is 11.6 Å². The summed E-state index contributed by atoms with van der Waals surface area (Å²) in [6.07, 6.45) is 1.52. The number of hydrogen-bond donors (Lipinski definition) is 0. The molecule has 18 heavy (non-hydrogen) atoms. The van der Waals surface area contributed by atoms with Gasteiger partial charge in [-0.3, -0.25) is 0 Å². The van der Waals surface area contributed by atoms with E-state index in [9.17, 15) is 0 Å². The van der Waals surface area contributed by atoms with Gasteiger partial charge in [0.15, 0.2) is 0 Å². The minimum absolute atomic E-state index is 0.597. The Balaban J connectivity index is 2.03. The van der Waals surface area contributed by atoms with Crippen molar-refractivity contribution < 1.29 is 4.74 Å². The molecule has 0 bridgehead atoms. The molecule has 0 saturated carbocycles. The van der Waals surface area contributed by atoms with Crippen LogP contribution < -0.4 is 4.74 Å². The van der Waals surface area contributed by atoms with Crippen molar-refractivity contribution in [2.75, 3.05) is 0 Å². The number of thiophene rings is 1. The van der Waals surface area contributed by atoms with Crippen LogP contribution in [-0.2, 0) is 0 Å². The molecule has 3 aromatic rings. The molecule has 0 atom stereocenters. The monoisotopic (exact) mass is 320 g/mol. The van der Waals surface area contributed by atoms with Gasteiger partial charge in [-0.1, -0.05) is 6.07 Å². The Morgan fingerprint density at radius 1 is 1.22 bits per heavy atom. The van der Waals surface area contributed by atoms with Crippen LogP contribution >= 0.6 is 27.3 Å². The van der Waals surface area contributed by atoms with Gasteiger partial charge in [-0.25, -0.2) is 9.97 Å². The number of aromatic nitrogens is 2. The first kappa shape index (κ1) is 11.6. The van der Waals surface area contributed by atoms with Gasteiger partial charge >= 0.3 is 0 Å². The smallest absolute Gasteiger partial charge is 0.240 e. The third kappa shape index (κ3) is 2.11. The molecule has 0 spiro atoms. The number of halogens is 1. The molecule has 1 aromatic carbocycles. The predicted octanol–water partition coefficient (Wildman–Crippen LogP) is 4.55. The number of nitrogens with zero attached hydrogens (tertiary/aromatic N) is 2. The first-order valence-electron chi connectivity index (χ1n) is 5.36. The van der Waals surface area contributed by atoms with Gasteiger partial charge in [-0.05, 0) is 52.0 Å². The van der Waals surface area contributed by atoms with Gasteiger partial charge in [-0.15, -0.1) is 11.3 Å². The Morgan fingerprint density at radius 2 is 2.11 bits per heavy atom. The normalized spacial score (nSPS) is 10.8. The van der Waals surface area contributed by atoms with Crippen LogP contribution in [0.2, 0.25) is 0 Å². The summed E-state index contributed by atoms with van der Waals surface area (Å²) in [6.45, 7) is 2.04. The van der Waals surface area contributed by atoms with Crippen molar-refractivity contribution in [3.63, 3.8) is 0 Å². The van der Waals surface area contributed by atoms with Gasteiger partial charge in [0.25, 0.3) is 0 Å². The van der Waals surface area contributed by atoms with Crippen LogP contribution in [0.3, 0.4) is 0 Å². The van der Waals surface area contributed by atoms with E-state index in [1.807, 2.05) is 36.6 Å². The number of aryl methyl sites for hydroxylation is 1. The summed E-state index contributed by atoms with van der Waals surface area (Å²) in [7, 11) is 0. The van der Waals surface area contributed by atoms with Crippen molar-refractivity contribution in [1.82, 2.24) is 9.97 Å².